The van der Waals surface area contributed by atoms with E-state index in [9.17, 15) is 4.79 Å². The third-order valence-corrected chi connectivity index (χ3v) is 3.04. The van der Waals surface area contributed by atoms with Gasteiger partial charge in [0.05, 0.1) is 16.8 Å². The number of aromatic carboxylic acids is 1. The van der Waals surface area contributed by atoms with Crippen LogP contribution in [0.5, 0.6) is 0 Å². The molecule has 0 aromatic heterocycles. The van der Waals surface area contributed by atoms with Crippen LogP contribution in [0.2, 0.25) is 0 Å². The molecule has 0 atom stereocenters. The summed E-state index contributed by atoms with van der Waals surface area (Å²) in [6.45, 7) is 3.71. The van der Waals surface area contributed by atoms with Gasteiger partial charge in [0.2, 0.25) is 0 Å². The van der Waals surface area contributed by atoms with Gasteiger partial charge in [0, 0.05) is 13.1 Å². The summed E-state index contributed by atoms with van der Waals surface area (Å²) in [5.41, 5.74) is 2.66. The minimum Gasteiger partial charge on any atom is -0.478 e. The minimum absolute atomic E-state index is 0.152. The molecule has 4 heteroatoms. The highest BCUT2D eigenvalue weighted by molar-refractivity contribution is 5.89. The third-order valence-electron chi connectivity index (χ3n) is 3.04. The van der Waals surface area contributed by atoms with E-state index in [0.29, 0.717) is 5.56 Å². The van der Waals surface area contributed by atoms with Crippen LogP contribution in [0.15, 0.2) is 29.8 Å². The minimum atomic E-state index is -1.01. The summed E-state index contributed by atoms with van der Waals surface area (Å²) in [4.78, 5) is 13.0. The SMILES string of the molecule is CC1=CCCN(c2ccc(C(=O)O)cc2C#N)C1. The number of rotatable bonds is 2. The standard InChI is InChI=1S/C14H14N2O2/c1-10-3-2-6-16(9-10)13-5-4-11(14(17)18)7-12(13)8-15/h3-5,7H,2,6,9H2,1H3,(H,17,18). The van der Waals surface area contributed by atoms with Crippen LogP contribution in [0.25, 0.3) is 0 Å². The van der Waals surface area contributed by atoms with E-state index >= 15 is 0 Å². The molecular formula is C14H14N2O2. The summed E-state index contributed by atoms with van der Waals surface area (Å²) in [7, 11) is 0. The quantitative estimate of drug-likeness (QED) is 0.809. The lowest BCUT2D eigenvalue weighted by molar-refractivity contribution is 0.0697. The molecule has 0 saturated carbocycles. The normalized spacial score (nSPS) is 14.9. The fourth-order valence-corrected chi connectivity index (χ4v) is 2.15. The molecule has 0 unspecified atom stereocenters. The van der Waals surface area contributed by atoms with Crippen LogP contribution in [0, 0.1) is 11.3 Å². The Balaban J connectivity index is 2.37. The number of carboxylic acids is 1. The molecule has 1 aliphatic rings. The molecule has 1 N–H and O–H groups in total. The number of hydrogen-bond donors (Lipinski definition) is 1. The third kappa shape index (κ3) is 2.35. The predicted molar refractivity (Wildman–Crippen MR) is 68.7 cm³/mol. The molecule has 0 saturated heterocycles. The van der Waals surface area contributed by atoms with Gasteiger partial charge >= 0.3 is 5.97 Å². The first-order valence-electron chi connectivity index (χ1n) is 5.80. The average Bonchev–Trinajstić information content (AvgIpc) is 2.37. The summed E-state index contributed by atoms with van der Waals surface area (Å²) in [6.07, 6.45) is 3.14. The van der Waals surface area contributed by atoms with Crippen LogP contribution in [-0.4, -0.2) is 24.2 Å². The van der Waals surface area contributed by atoms with E-state index < -0.39 is 5.97 Å². The largest absolute Gasteiger partial charge is 0.478 e. The maximum absolute atomic E-state index is 10.9. The van der Waals surface area contributed by atoms with E-state index in [1.807, 2.05) is 0 Å². The van der Waals surface area contributed by atoms with Crippen molar-refractivity contribution in [3.8, 4) is 6.07 Å². The zero-order chi connectivity index (χ0) is 13.1. The highest BCUT2D eigenvalue weighted by Gasteiger charge is 2.16. The molecule has 0 aliphatic carbocycles. The Morgan fingerprint density at radius 1 is 1.50 bits per heavy atom. The smallest absolute Gasteiger partial charge is 0.335 e. The Kier molecular flexibility index (Phi) is 3.33. The van der Waals surface area contributed by atoms with E-state index in [-0.39, 0.29) is 5.56 Å². The van der Waals surface area contributed by atoms with E-state index in [4.69, 9.17) is 10.4 Å². The van der Waals surface area contributed by atoms with Gasteiger partial charge in [0.15, 0.2) is 0 Å². The fourth-order valence-electron chi connectivity index (χ4n) is 2.15. The molecule has 92 valence electrons. The molecule has 1 aromatic rings. The van der Waals surface area contributed by atoms with Gasteiger partial charge < -0.3 is 10.0 Å². The predicted octanol–water partition coefficient (Wildman–Crippen LogP) is 2.41. The summed E-state index contributed by atoms with van der Waals surface area (Å²) in [5.74, 6) is -1.01. The van der Waals surface area contributed by atoms with Crippen LogP contribution >= 0.6 is 0 Å². The molecule has 1 aliphatic heterocycles. The second-order valence-electron chi connectivity index (χ2n) is 4.41. The molecule has 0 spiro atoms. The Hall–Kier alpha value is -2.28. The Bertz CT molecular complexity index is 555. The van der Waals surface area contributed by atoms with Crippen LogP contribution in [0.1, 0.15) is 29.3 Å². The van der Waals surface area contributed by atoms with Gasteiger partial charge in [0.1, 0.15) is 6.07 Å². The molecule has 0 fully saturated rings. The summed E-state index contributed by atoms with van der Waals surface area (Å²) < 4.78 is 0. The highest BCUT2D eigenvalue weighted by Crippen LogP contribution is 2.24. The second-order valence-corrected chi connectivity index (χ2v) is 4.41. The van der Waals surface area contributed by atoms with Gasteiger partial charge in [-0.3, -0.25) is 0 Å². The van der Waals surface area contributed by atoms with Gasteiger partial charge in [-0.25, -0.2) is 4.79 Å². The van der Waals surface area contributed by atoms with E-state index in [1.165, 1.54) is 11.6 Å². The van der Waals surface area contributed by atoms with Gasteiger partial charge in [-0.2, -0.15) is 5.26 Å². The first-order valence-corrected chi connectivity index (χ1v) is 5.80. The maximum Gasteiger partial charge on any atom is 0.335 e. The Labute approximate surface area is 106 Å². The molecule has 4 nitrogen and oxygen atoms in total. The topological polar surface area (TPSA) is 64.3 Å². The summed E-state index contributed by atoms with van der Waals surface area (Å²) in [5, 5.41) is 18.1. The zero-order valence-corrected chi connectivity index (χ0v) is 10.2. The number of anilines is 1. The first kappa shape index (κ1) is 12.2. The molecule has 0 radical (unpaired) electrons. The lowest BCUT2D eigenvalue weighted by Crippen LogP contribution is -2.29. The van der Waals surface area contributed by atoms with Crippen LogP contribution < -0.4 is 4.90 Å². The van der Waals surface area contributed by atoms with Gasteiger partial charge in [-0.15, -0.1) is 0 Å². The van der Waals surface area contributed by atoms with E-state index in [2.05, 4.69) is 24.0 Å². The zero-order valence-electron chi connectivity index (χ0n) is 10.2. The second kappa shape index (κ2) is 4.92. The van der Waals surface area contributed by atoms with Gasteiger partial charge in [-0.1, -0.05) is 11.6 Å². The fraction of sp³-hybridized carbons (Fsp3) is 0.286. The number of carbonyl (C=O) groups is 1. The van der Waals surface area contributed by atoms with Crippen molar-refractivity contribution in [2.45, 2.75) is 13.3 Å². The first-order chi connectivity index (χ1) is 8.61. The summed E-state index contributed by atoms with van der Waals surface area (Å²) in [6, 6.07) is 6.78. The molecule has 2 rings (SSSR count). The monoisotopic (exact) mass is 242 g/mol. The number of carboxylic acid groups (broad SMARTS) is 1. The maximum atomic E-state index is 10.9. The number of nitriles is 1. The van der Waals surface area contributed by atoms with Crippen LogP contribution in [-0.2, 0) is 0 Å². The van der Waals surface area contributed by atoms with E-state index in [0.717, 1.165) is 25.2 Å². The van der Waals surface area contributed by atoms with Crippen LogP contribution in [0.4, 0.5) is 5.69 Å². The molecule has 1 heterocycles. The number of hydrogen-bond acceptors (Lipinski definition) is 3. The lowest BCUT2D eigenvalue weighted by Gasteiger charge is -2.29. The van der Waals surface area contributed by atoms with Crippen molar-refractivity contribution >= 4 is 11.7 Å². The van der Waals surface area contributed by atoms with Crippen molar-refractivity contribution in [2.75, 3.05) is 18.0 Å². The molecule has 0 amide bonds. The molecule has 0 bridgehead atoms. The van der Waals surface area contributed by atoms with Crippen LogP contribution in [0.3, 0.4) is 0 Å². The van der Waals surface area contributed by atoms with Crippen molar-refractivity contribution in [3.63, 3.8) is 0 Å². The van der Waals surface area contributed by atoms with Gasteiger partial charge in [-0.05, 0) is 31.5 Å². The van der Waals surface area contributed by atoms with Crippen molar-refractivity contribution < 1.29 is 9.90 Å². The van der Waals surface area contributed by atoms with E-state index in [1.54, 1.807) is 12.1 Å². The highest BCUT2D eigenvalue weighted by atomic mass is 16.4. The van der Waals surface area contributed by atoms with Crippen molar-refractivity contribution in [1.82, 2.24) is 0 Å². The number of nitrogens with zero attached hydrogens (tertiary/aromatic N) is 2. The molecular weight excluding hydrogens is 228 g/mol. The van der Waals surface area contributed by atoms with Crippen molar-refractivity contribution in [2.24, 2.45) is 0 Å². The van der Waals surface area contributed by atoms with Crippen molar-refractivity contribution in [3.05, 3.63) is 41.0 Å². The Morgan fingerprint density at radius 2 is 2.28 bits per heavy atom. The Morgan fingerprint density at radius 3 is 2.89 bits per heavy atom. The summed E-state index contributed by atoms with van der Waals surface area (Å²) >= 11 is 0. The number of benzene rings is 1. The lowest BCUT2D eigenvalue weighted by atomic mass is 10.1. The van der Waals surface area contributed by atoms with Gasteiger partial charge in [0.25, 0.3) is 0 Å². The molecule has 1 aromatic carbocycles. The molecule has 18 heavy (non-hydrogen) atoms. The average molecular weight is 242 g/mol. The van der Waals surface area contributed by atoms with Crippen molar-refractivity contribution in [1.29, 1.82) is 5.26 Å².